The summed E-state index contributed by atoms with van der Waals surface area (Å²) in [7, 11) is 1.64. The fraction of sp³-hybridized carbons (Fsp3) is 0.100. The highest BCUT2D eigenvalue weighted by Crippen LogP contribution is 2.24. The van der Waals surface area contributed by atoms with E-state index in [1.807, 2.05) is 30.3 Å². The second-order valence-corrected chi connectivity index (χ2v) is 7.23. The van der Waals surface area contributed by atoms with Crippen LogP contribution in [0, 0.1) is 0 Å². The summed E-state index contributed by atoms with van der Waals surface area (Å²) in [4.78, 5) is 21.7. The van der Waals surface area contributed by atoms with E-state index in [2.05, 4.69) is 29.9 Å². The lowest BCUT2D eigenvalue weighted by molar-refractivity contribution is 0.297. The summed E-state index contributed by atoms with van der Waals surface area (Å²) in [5.74, 6) is 1.28. The molecule has 0 aliphatic carbocycles. The molecule has 0 bridgehead atoms. The van der Waals surface area contributed by atoms with Crippen molar-refractivity contribution in [3.63, 3.8) is 0 Å². The molecule has 0 fully saturated rings. The zero-order valence-corrected chi connectivity index (χ0v) is 18.3. The minimum atomic E-state index is 0.157. The molecular formula is C20H15Cl3N6O2. The van der Waals surface area contributed by atoms with Gasteiger partial charge in [0.05, 0.1) is 17.9 Å². The van der Waals surface area contributed by atoms with Crippen molar-refractivity contribution in [2.24, 2.45) is 0 Å². The van der Waals surface area contributed by atoms with Gasteiger partial charge in [-0.2, -0.15) is 15.0 Å². The molecule has 0 amide bonds. The maximum Gasteiger partial charge on any atom is 0.227 e. The van der Waals surface area contributed by atoms with Crippen LogP contribution in [-0.4, -0.2) is 37.0 Å². The molecule has 0 unspecified atom stereocenters. The van der Waals surface area contributed by atoms with Gasteiger partial charge in [-0.1, -0.05) is 23.7 Å². The van der Waals surface area contributed by atoms with Crippen LogP contribution in [0.1, 0.15) is 5.56 Å². The average Bonchev–Trinajstić information content (AvgIpc) is 3.42. The maximum absolute atomic E-state index is 5.86. The predicted octanol–water partition coefficient (Wildman–Crippen LogP) is 5.46. The zero-order chi connectivity index (χ0) is 21.8. The fourth-order valence-corrected chi connectivity index (χ4v) is 3.35. The molecule has 31 heavy (non-hydrogen) atoms. The van der Waals surface area contributed by atoms with Crippen LogP contribution in [0.3, 0.4) is 0 Å². The van der Waals surface area contributed by atoms with E-state index < -0.39 is 0 Å². The molecule has 0 atom stereocenters. The van der Waals surface area contributed by atoms with Crippen LogP contribution in [0.5, 0.6) is 11.6 Å². The summed E-state index contributed by atoms with van der Waals surface area (Å²) in [5, 5.41) is 2.29. The number of nitrogens with one attached hydrogen (secondary N) is 2. The van der Waals surface area contributed by atoms with Crippen molar-refractivity contribution in [1.29, 1.82) is 0 Å². The number of hydrogen-bond acceptors (Lipinski definition) is 6. The van der Waals surface area contributed by atoms with Crippen molar-refractivity contribution < 1.29 is 9.47 Å². The molecule has 11 heteroatoms. The van der Waals surface area contributed by atoms with Crippen molar-refractivity contribution in [2.45, 2.75) is 6.61 Å². The SMILES string of the molecule is COc1ccc(COc2nc(Cl)nc3[nH]ccc23)cc1.Clc1nc(Cl)c2cc[nH]c2n1. The Bertz CT molecular complexity index is 1320. The third-order valence-corrected chi connectivity index (χ3v) is 4.86. The Morgan fingerprint density at radius 1 is 0.774 bits per heavy atom. The molecule has 0 aliphatic rings. The topological polar surface area (TPSA) is 102 Å². The van der Waals surface area contributed by atoms with Crippen LogP contribution in [0.15, 0.2) is 48.8 Å². The van der Waals surface area contributed by atoms with Gasteiger partial charge >= 0.3 is 0 Å². The first-order valence-electron chi connectivity index (χ1n) is 8.96. The van der Waals surface area contributed by atoms with Gasteiger partial charge in [-0.15, -0.1) is 0 Å². The molecular weight excluding hydrogens is 463 g/mol. The first-order chi connectivity index (χ1) is 15.0. The van der Waals surface area contributed by atoms with Crippen molar-refractivity contribution in [3.8, 4) is 11.6 Å². The number of benzene rings is 1. The normalized spacial score (nSPS) is 10.7. The van der Waals surface area contributed by atoms with Crippen LogP contribution >= 0.6 is 34.8 Å². The minimum Gasteiger partial charge on any atom is -0.497 e. The van der Waals surface area contributed by atoms with Crippen molar-refractivity contribution in [1.82, 2.24) is 29.9 Å². The Balaban J connectivity index is 0.000000177. The van der Waals surface area contributed by atoms with Gasteiger partial charge in [0.25, 0.3) is 0 Å². The quantitative estimate of drug-likeness (QED) is 0.263. The van der Waals surface area contributed by atoms with E-state index in [4.69, 9.17) is 44.3 Å². The Morgan fingerprint density at radius 3 is 2.06 bits per heavy atom. The third-order valence-electron chi connectivity index (χ3n) is 4.23. The average molecular weight is 478 g/mol. The van der Waals surface area contributed by atoms with Gasteiger partial charge in [0, 0.05) is 12.4 Å². The molecule has 4 heterocycles. The smallest absolute Gasteiger partial charge is 0.227 e. The molecule has 0 aliphatic heterocycles. The van der Waals surface area contributed by atoms with Crippen LogP contribution in [0.4, 0.5) is 0 Å². The van der Waals surface area contributed by atoms with Crippen LogP contribution in [0.2, 0.25) is 15.7 Å². The van der Waals surface area contributed by atoms with Gasteiger partial charge in [0.1, 0.15) is 28.8 Å². The molecule has 2 N–H and O–H groups in total. The summed E-state index contributed by atoms with van der Waals surface area (Å²) in [5.41, 5.74) is 2.34. The summed E-state index contributed by atoms with van der Waals surface area (Å²) < 4.78 is 10.8. The number of halogens is 3. The highest BCUT2D eigenvalue weighted by molar-refractivity contribution is 6.35. The van der Waals surface area contributed by atoms with Crippen molar-refractivity contribution in [3.05, 3.63) is 70.1 Å². The number of H-pyrrole nitrogens is 2. The lowest BCUT2D eigenvalue weighted by Crippen LogP contribution is -1.99. The number of rotatable bonds is 4. The Morgan fingerprint density at radius 2 is 1.39 bits per heavy atom. The number of nitrogens with zero attached hydrogens (tertiary/aromatic N) is 4. The van der Waals surface area contributed by atoms with Gasteiger partial charge in [-0.25, -0.2) is 4.98 Å². The molecule has 5 rings (SSSR count). The Kier molecular flexibility index (Phi) is 6.41. The van der Waals surface area contributed by atoms with E-state index in [0.29, 0.717) is 28.9 Å². The van der Waals surface area contributed by atoms with Gasteiger partial charge in [-0.05, 0) is 53.0 Å². The van der Waals surface area contributed by atoms with E-state index in [1.165, 1.54) is 0 Å². The first kappa shape index (κ1) is 21.2. The second-order valence-electron chi connectivity index (χ2n) is 6.20. The predicted molar refractivity (Wildman–Crippen MR) is 120 cm³/mol. The van der Waals surface area contributed by atoms with E-state index in [0.717, 1.165) is 22.1 Å². The maximum atomic E-state index is 5.86. The largest absolute Gasteiger partial charge is 0.497 e. The van der Waals surface area contributed by atoms with Gasteiger partial charge in [0.15, 0.2) is 0 Å². The summed E-state index contributed by atoms with van der Waals surface area (Å²) in [6.45, 7) is 0.400. The lowest BCUT2D eigenvalue weighted by Gasteiger charge is -2.07. The lowest BCUT2D eigenvalue weighted by atomic mass is 10.2. The standard InChI is InChI=1S/C14H12ClN3O2.C6H3Cl2N3/c1-19-10-4-2-9(3-5-10)8-20-13-11-6-7-16-12(11)17-14(15)18-13;7-4-3-1-2-9-5(3)11-6(8)10-4/h2-7H,8H2,1H3,(H,16,17,18);1-2H,(H,9,10,11). The molecule has 4 aromatic heterocycles. The third kappa shape index (κ3) is 4.99. The van der Waals surface area contributed by atoms with E-state index in [1.54, 1.807) is 25.6 Å². The van der Waals surface area contributed by atoms with Gasteiger partial charge in [0.2, 0.25) is 16.4 Å². The van der Waals surface area contributed by atoms with Crippen LogP contribution in [-0.2, 0) is 6.61 Å². The van der Waals surface area contributed by atoms with Crippen molar-refractivity contribution >= 4 is 56.9 Å². The minimum absolute atomic E-state index is 0.157. The zero-order valence-electron chi connectivity index (χ0n) is 16.1. The van der Waals surface area contributed by atoms with Gasteiger partial charge < -0.3 is 19.4 Å². The Labute approximate surface area is 191 Å². The number of aromatic nitrogens is 6. The molecule has 5 aromatic rings. The number of hydrogen-bond donors (Lipinski definition) is 2. The molecule has 8 nitrogen and oxygen atoms in total. The van der Waals surface area contributed by atoms with Crippen molar-refractivity contribution in [2.75, 3.05) is 7.11 Å². The highest BCUT2D eigenvalue weighted by atomic mass is 35.5. The second kappa shape index (κ2) is 9.38. The molecule has 0 saturated carbocycles. The summed E-state index contributed by atoms with van der Waals surface area (Å²) >= 11 is 17.2. The van der Waals surface area contributed by atoms with Crippen LogP contribution in [0.25, 0.3) is 22.1 Å². The number of fused-ring (bicyclic) bond motifs is 2. The van der Waals surface area contributed by atoms with Gasteiger partial charge in [-0.3, -0.25) is 0 Å². The summed E-state index contributed by atoms with van der Waals surface area (Å²) in [6, 6.07) is 11.3. The monoisotopic (exact) mass is 476 g/mol. The number of methoxy groups -OCH3 is 1. The highest BCUT2D eigenvalue weighted by Gasteiger charge is 2.09. The molecule has 158 valence electrons. The molecule has 0 spiro atoms. The number of ether oxygens (including phenoxy) is 2. The molecule has 1 aromatic carbocycles. The number of aromatic amines is 2. The summed E-state index contributed by atoms with van der Waals surface area (Å²) in [6.07, 6.45) is 3.51. The van der Waals surface area contributed by atoms with Crippen LogP contribution < -0.4 is 9.47 Å². The molecule has 0 saturated heterocycles. The Hall–Kier alpha value is -3.07. The van der Waals surface area contributed by atoms with E-state index >= 15 is 0 Å². The first-order valence-corrected chi connectivity index (χ1v) is 10.1. The molecule has 0 radical (unpaired) electrons. The van der Waals surface area contributed by atoms with E-state index in [9.17, 15) is 0 Å². The van der Waals surface area contributed by atoms with E-state index in [-0.39, 0.29) is 10.6 Å². The fourth-order valence-electron chi connectivity index (χ4n) is 2.75.